The summed E-state index contributed by atoms with van der Waals surface area (Å²) in [5.41, 5.74) is 2.12. The van der Waals surface area contributed by atoms with Gasteiger partial charge in [-0.05, 0) is 11.5 Å². The molecule has 0 saturated heterocycles. The molecule has 2 heterocycles. The molecular weight excluding hydrogens is 248 g/mol. The highest BCUT2D eigenvalue weighted by Crippen LogP contribution is 2.34. The van der Waals surface area contributed by atoms with Gasteiger partial charge in [-0.3, -0.25) is 0 Å². The first-order valence-electron chi connectivity index (χ1n) is 5.55. The Bertz CT molecular complexity index is 898. The van der Waals surface area contributed by atoms with Crippen LogP contribution in [-0.2, 0) is 0 Å². The summed E-state index contributed by atoms with van der Waals surface area (Å²) in [5, 5.41) is 3.51. The SMILES string of the molecule is Clc1ncnc2c1oc1c3ccccc3ccc21. The van der Waals surface area contributed by atoms with E-state index < -0.39 is 0 Å². The summed E-state index contributed by atoms with van der Waals surface area (Å²) in [7, 11) is 0. The van der Waals surface area contributed by atoms with Crippen LogP contribution in [0.15, 0.2) is 47.1 Å². The summed E-state index contributed by atoms with van der Waals surface area (Å²) >= 11 is 6.03. The van der Waals surface area contributed by atoms with Crippen LogP contribution in [0.25, 0.3) is 32.8 Å². The van der Waals surface area contributed by atoms with Gasteiger partial charge in [0.2, 0.25) is 0 Å². The van der Waals surface area contributed by atoms with Gasteiger partial charge in [-0.15, -0.1) is 0 Å². The molecule has 0 aliphatic heterocycles. The van der Waals surface area contributed by atoms with Crippen LogP contribution >= 0.6 is 11.6 Å². The van der Waals surface area contributed by atoms with Gasteiger partial charge in [0, 0.05) is 10.8 Å². The van der Waals surface area contributed by atoms with Gasteiger partial charge < -0.3 is 4.42 Å². The summed E-state index contributed by atoms with van der Waals surface area (Å²) in [4.78, 5) is 8.19. The average molecular weight is 255 g/mol. The second kappa shape index (κ2) is 3.43. The van der Waals surface area contributed by atoms with Crippen molar-refractivity contribution in [2.45, 2.75) is 0 Å². The predicted octanol–water partition coefficient (Wildman–Crippen LogP) is 4.18. The zero-order valence-electron chi connectivity index (χ0n) is 9.22. The van der Waals surface area contributed by atoms with Crippen molar-refractivity contribution in [3.05, 3.63) is 47.9 Å². The topological polar surface area (TPSA) is 38.9 Å². The Hall–Kier alpha value is -2.13. The number of fused-ring (bicyclic) bond motifs is 5. The molecule has 2 aromatic heterocycles. The van der Waals surface area contributed by atoms with Crippen molar-refractivity contribution in [2.24, 2.45) is 0 Å². The maximum absolute atomic E-state index is 6.03. The van der Waals surface area contributed by atoms with Crippen LogP contribution in [0.5, 0.6) is 0 Å². The molecule has 86 valence electrons. The van der Waals surface area contributed by atoms with Crippen LogP contribution in [0.1, 0.15) is 0 Å². The largest absolute Gasteiger partial charge is 0.450 e. The van der Waals surface area contributed by atoms with Gasteiger partial charge in [0.05, 0.1) is 0 Å². The molecule has 0 fully saturated rings. The molecule has 0 N–H and O–H groups in total. The van der Waals surface area contributed by atoms with Crippen LogP contribution in [-0.4, -0.2) is 9.97 Å². The van der Waals surface area contributed by atoms with Crippen molar-refractivity contribution in [1.29, 1.82) is 0 Å². The molecule has 4 aromatic rings. The fraction of sp³-hybridized carbons (Fsp3) is 0. The van der Waals surface area contributed by atoms with Gasteiger partial charge in [0.25, 0.3) is 0 Å². The molecule has 0 spiro atoms. The minimum atomic E-state index is 0.347. The first kappa shape index (κ1) is 9.85. The monoisotopic (exact) mass is 254 g/mol. The third kappa shape index (κ3) is 1.19. The van der Waals surface area contributed by atoms with Gasteiger partial charge in [-0.25, -0.2) is 9.97 Å². The van der Waals surface area contributed by atoms with E-state index in [1.54, 1.807) is 0 Å². The highest BCUT2D eigenvalue weighted by Gasteiger charge is 2.13. The van der Waals surface area contributed by atoms with E-state index in [1.807, 2.05) is 24.3 Å². The van der Waals surface area contributed by atoms with E-state index in [-0.39, 0.29) is 0 Å². The number of rotatable bonds is 0. The summed E-state index contributed by atoms with van der Waals surface area (Å²) in [6.07, 6.45) is 1.45. The van der Waals surface area contributed by atoms with E-state index in [9.17, 15) is 0 Å². The molecule has 4 heteroatoms. The first-order valence-corrected chi connectivity index (χ1v) is 5.93. The molecule has 2 aromatic carbocycles. The molecule has 0 aliphatic carbocycles. The highest BCUT2D eigenvalue weighted by molar-refractivity contribution is 6.34. The van der Waals surface area contributed by atoms with Gasteiger partial charge in [-0.2, -0.15) is 0 Å². The molecule has 3 nitrogen and oxygen atoms in total. The summed E-state index contributed by atoms with van der Waals surface area (Å²) in [6.45, 7) is 0. The minimum Gasteiger partial charge on any atom is -0.450 e. The van der Waals surface area contributed by atoms with Gasteiger partial charge in [0.15, 0.2) is 10.7 Å². The molecule has 0 aliphatic rings. The Morgan fingerprint density at radius 2 is 1.78 bits per heavy atom. The smallest absolute Gasteiger partial charge is 0.191 e. The van der Waals surface area contributed by atoms with E-state index in [1.165, 1.54) is 6.33 Å². The predicted molar refractivity (Wildman–Crippen MR) is 71.8 cm³/mol. The molecule has 0 bridgehead atoms. The zero-order chi connectivity index (χ0) is 12.1. The Labute approximate surface area is 107 Å². The fourth-order valence-corrected chi connectivity index (χ4v) is 2.45. The summed E-state index contributed by atoms with van der Waals surface area (Å²) in [5.74, 6) is 0. The second-order valence-electron chi connectivity index (χ2n) is 4.11. The van der Waals surface area contributed by atoms with Crippen molar-refractivity contribution < 1.29 is 4.42 Å². The van der Waals surface area contributed by atoms with Gasteiger partial charge in [0.1, 0.15) is 17.4 Å². The Morgan fingerprint density at radius 3 is 2.72 bits per heavy atom. The van der Waals surface area contributed by atoms with Crippen LogP contribution in [0.3, 0.4) is 0 Å². The number of benzene rings is 2. The summed E-state index contributed by atoms with van der Waals surface area (Å²) < 4.78 is 5.84. The third-order valence-corrected chi connectivity index (χ3v) is 3.37. The minimum absolute atomic E-state index is 0.347. The van der Waals surface area contributed by atoms with E-state index in [0.29, 0.717) is 10.7 Å². The molecule has 18 heavy (non-hydrogen) atoms. The lowest BCUT2D eigenvalue weighted by atomic mass is 10.1. The van der Waals surface area contributed by atoms with Crippen molar-refractivity contribution in [1.82, 2.24) is 9.97 Å². The standard InChI is InChI=1S/C14H7ClN2O/c15-14-13-11(16-7-17-14)10-6-5-8-3-1-2-4-9(8)12(10)18-13/h1-7H. The Kier molecular flexibility index (Phi) is 1.88. The molecule has 0 radical (unpaired) electrons. The first-order chi connectivity index (χ1) is 8.84. The average Bonchev–Trinajstić information content (AvgIpc) is 2.79. The van der Waals surface area contributed by atoms with E-state index in [4.69, 9.17) is 16.0 Å². The number of hydrogen-bond acceptors (Lipinski definition) is 3. The van der Waals surface area contributed by atoms with Crippen LogP contribution in [0.4, 0.5) is 0 Å². The normalized spacial score (nSPS) is 11.6. The summed E-state index contributed by atoms with van der Waals surface area (Å²) in [6, 6.07) is 12.1. The second-order valence-corrected chi connectivity index (χ2v) is 4.47. The maximum atomic E-state index is 6.03. The van der Waals surface area contributed by atoms with E-state index in [2.05, 4.69) is 22.1 Å². The van der Waals surface area contributed by atoms with Crippen LogP contribution in [0.2, 0.25) is 5.15 Å². The molecule has 0 atom stereocenters. The molecule has 0 saturated carbocycles. The lowest BCUT2D eigenvalue weighted by molar-refractivity contribution is 0.669. The fourth-order valence-electron chi connectivity index (χ4n) is 2.28. The van der Waals surface area contributed by atoms with Crippen molar-refractivity contribution in [3.8, 4) is 0 Å². The number of aromatic nitrogens is 2. The van der Waals surface area contributed by atoms with E-state index in [0.717, 1.165) is 27.3 Å². The molecule has 0 unspecified atom stereocenters. The van der Waals surface area contributed by atoms with Gasteiger partial charge in [-0.1, -0.05) is 41.9 Å². The number of furan rings is 1. The van der Waals surface area contributed by atoms with Crippen molar-refractivity contribution >= 4 is 44.4 Å². The highest BCUT2D eigenvalue weighted by atomic mass is 35.5. The van der Waals surface area contributed by atoms with E-state index >= 15 is 0 Å². The van der Waals surface area contributed by atoms with Gasteiger partial charge >= 0.3 is 0 Å². The number of halogens is 1. The van der Waals surface area contributed by atoms with Crippen molar-refractivity contribution in [2.75, 3.05) is 0 Å². The Morgan fingerprint density at radius 1 is 0.889 bits per heavy atom. The number of nitrogens with zero attached hydrogens (tertiary/aromatic N) is 2. The van der Waals surface area contributed by atoms with Crippen molar-refractivity contribution in [3.63, 3.8) is 0 Å². The quantitative estimate of drug-likeness (QED) is 0.442. The Balaban J connectivity index is 2.33. The van der Waals surface area contributed by atoms with Crippen LogP contribution < -0.4 is 0 Å². The molecule has 4 rings (SSSR count). The maximum Gasteiger partial charge on any atom is 0.191 e. The van der Waals surface area contributed by atoms with Crippen LogP contribution in [0, 0.1) is 0 Å². The molecular formula is C14H7ClN2O. The third-order valence-electron chi connectivity index (χ3n) is 3.10. The molecule has 0 amide bonds. The lowest BCUT2D eigenvalue weighted by Gasteiger charge is -1.96. The number of hydrogen-bond donors (Lipinski definition) is 0. The zero-order valence-corrected chi connectivity index (χ0v) is 9.98. The lowest BCUT2D eigenvalue weighted by Crippen LogP contribution is -1.78.